The van der Waals surface area contributed by atoms with E-state index in [4.69, 9.17) is 26.6 Å². The number of halogens is 1. The van der Waals surface area contributed by atoms with Crippen molar-refractivity contribution in [1.29, 1.82) is 0 Å². The molecule has 0 amide bonds. The van der Waals surface area contributed by atoms with Gasteiger partial charge in [0.2, 0.25) is 0 Å². The van der Waals surface area contributed by atoms with Gasteiger partial charge in [0.05, 0.1) is 11.6 Å². The molecule has 0 saturated heterocycles. The van der Waals surface area contributed by atoms with Crippen molar-refractivity contribution in [3.05, 3.63) is 28.3 Å². The van der Waals surface area contributed by atoms with E-state index in [1.54, 1.807) is 6.07 Å². The van der Waals surface area contributed by atoms with Crippen molar-refractivity contribution >= 4 is 11.6 Å². The van der Waals surface area contributed by atoms with E-state index in [0.29, 0.717) is 10.8 Å². The molecule has 0 heterocycles. The van der Waals surface area contributed by atoms with Crippen molar-refractivity contribution in [2.75, 3.05) is 27.3 Å². The van der Waals surface area contributed by atoms with Gasteiger partial charge in [0.25, 0.3) is 0 Å². The van der Waals surface area contributed by atoms with E-state index in [0.717, 1.165) is 11.1 Å². The molecule has 0 saturated carbocycles. The number of aryl methyl sites for hydroxylation is 2. The Bertz CT molecular complexity index is 335. The van der Waals surface area contributed by atoms with Crippen molar-refractivity contribution in [3.63, 3.8) is 0 Å². The molecular formula is C13H22ClNO3. The fourth-order valence-corrected chi connectivity index (χ4v) is 1.69. The zero-order valence-electron chi connectivity index (χ0n) is 11.3. The Balaban J connectivity index is 0.000000873. The number of aliphatic hydroxyl groups is 2. The van der Waals surface area contributed by atoms with Gasteiger partial charge in [0.15, 0.2) is 0 Å². The summed E-state index contributed by atoms with van der Waals surface area (Å²) in [5, 5.41) is 21.0. The van der Waals surface area contributed by atoms with Crippen molar-refractivity contribution in [3.8, 4) is 5.75 Å². The predicted molar refractivity (Wildman–Crippen MR) is 74.5 cm³/mol. The Labute approximate surface area is 114 Å². The molecule has 0 aliphatic rings. The average Bonchev–Trinajstić information content (AvgIpc) is 2.28. The molecule has 1 aromatic rings. The second-order valence-corrected chi connectivity index (χ2v) is 4.45. The summed E-state index contributed by atoms with van der Waals surface area (Å²) in [5.41, 5.74) is 1.98. The van der Waals surface area contributed by atoms with Gasteiger partial charge in [-0.1, -0.05) is 17.7 Å². The van der Waals surface area contributed by atoms with Crippen LogP contribution in [0, 0.1) is 13.8 Å². The van der Waals surface area contributed by atoms with Crippen LogP contribution in [0.3, 0.4) is 0 Å². The van der Waals surface area contributed by atoms with Crippen molar-refractivity contribution in [2.45, 2.75) is 20.0 Å². The van der Waals surface area contributed by atoms with Crippen LogP contribution in [0.4, 0.5) is 0 Å². The Morgan fingerprint density at radius 1 is 1.33 bits per heavy atom. The van der Waals surface area contributed by atoms with Crippen molar-refractivity contribution in [2.24, 2.45) is 0 Å². The van der Waals surface area contributed by atoms with Crippen LogP contribution in [-0.4, -0.2) is 43.6 Å². The molecular weight excluding hydrogens is 254 g/mol. The summed E-state index contributed by atoms with van der Waals surface area (Å²) in [4.78, 5) is 0. The maximum Gasteiger partial charge on any atom is 0.140 e. The highest BCUT2D eigenvalue weighted by Crippen LogP contribution is 2.29. The van der Waals surface area contributed by atoms with Crippen LogP contribution in [0.25, 0.3) is 0 Å². The Morgan fingerprint density at radius 2 is 1.89 bits per heavy atom. The second-order valence-electron chi connectivity index (χ2n) is 4.04. The topological polar surface area (TPSA) is 61.7 Å². The van der Waals surface area contributed by atoms with Gasteiger partial charge in [-0.3, -0.25) is 0 Å². The van der Waals surface area contributed by atoms with Crippen LogP contribution < -0.4 is 10.1 Å². The number of hydrogen-bond acceptors (Lipinski definition) is 4. The van der Waals surface area contributed by atoms with E-state index < -0.39 is 6.10 Å². The SMILES string of the molecule is CNC.Cc1cc(C)c(OCC(O)CO)c(Cl)c1. The summed E-state index contributed by atoms with van der Waals surface area (Å²) in [6.45, 7) is 3.56. The molecule has 3 N–H and O–H groups in total. The number of nitrogens with one attached hydrogen (secondary N) is 1. The van der Waals surface area contributed by atoms with E-state index in [-0.39, 0.29) is 13.2 Å². The number of ether oxygens (including phenoxy) is 1. The first-order valence-electron chi connectivity index (χ1n) is 5.73. The number of rotatable bonds is 4. The lowest BCUT2D eigenvalue weighted by atomic mass is 10.1. The lowest BCUT2D eigenvalue weighted by Crippen LogP contribution is -2.21. The minimum Gasteiger partial charge on any atom is -0.489 e. The molecule has 5 heteroatoms. The summed E-state index contributed by atoms with van der Waals surface area (Å²) in [7, 11) is 3.75. The number of benzene rings is 1. The smallest absolute Gasteiger partial charge is 0.140 e. The molecule has 0 fully saturated rings. The minimum absolute atomic E-state index is 0.0418. The van der Waals surface area contributed by atoms with Gasteiger partial charge in [0.1, 0.15) is 18.5 Å². The van der Waals surface area contributed by atoms with E-state index >= 15 is 0 Å². The molecule has 104 valence electrons. The molecule has 0 bridgehead atoms. The van der Waals surface area contributed by atoms with Crippen LogP contribution in [0.5, 0.6) is 5.75 Å². The van der Waals surface area contributed by atoms with Gasteiger partial charge in [-0.05, 0) is 45.1 Å². The molecule has 0 spiro atoms. The first-order valence-corrected chi connectivity index (χ1v) is 6.11. The molecule has 0 aliphatic carbocycles. The van der Waals surface area contributed by atoms with Gasteiger partial charge < -0.3 is 20.3 Å². The zero-order chi connectivity index (χ0) is 14.1. The van der Waals surface area contributed by atoms with Gasteiger partial charge in [-0.2, -0.15) is 0 Å². The molecule has 1 atom stereocenters. The highest BCUT2D eigenvalue weighted by molar-refractivity contribution is 6.32. The van der Waals surface area contributed by atoms with Gasteiger partial charge >= 0.3 is 0 Å². The van der Waals surface area contributed by atoms with Crippen LogP contribution in [0.15, 0.2) is 12.1 Å². The first kappa shape index (κ1) is 17.2. The lowest BCUT2D eigenvalue weighted by Gasteiger charge is -2.13. The third kappa shape index (κ3) is 6.21. The fourth-order valence-electron chi connectivity index (χ4n) is 1.32. The van der Waals surface area contributed by atoms with Crippen LogP contribution >= 0.6 is 11.6 Å². The Kier molecular flexibility index (Phi) is 8.75. The maximum absolute atomic E-state index is 9.14. The highest BCUT2D eigenvalue weighted by atomic mass is 35.5. The third-order valence-corrected chi connectivity index (χ3v) is 2.29. The van der Waals surface area contributed by atoms with Gasteiger partial charge in [0, 0.05) is 0 Å². The first-order chi connectivity index (χ1) is 8.46. The molecule has 4 nitrogen and oxygen atoms in total. The molecule has 0 aromatic heterocycles. The predicted octanol–water partition coefficient (Wildman–Crippen LogP) is 1.52. The summed E-state index contributed by atoms with van der Waals surface area (Å²) < 4.78 is 5.33. The zero-order valence-corrected chi connectivity index (χ0v) is 12.1. The van der Waals surface area contributed by atoms with Gasteiger partial charge in [-0.25, -0.2) is 0 Å². The molecule has 18 heavy (non-hydrogen) atoms. The quantitative estimate of drug-likeness (QED) is 0.780. The Morgan fingerprint density at radius 3 is 2.33 bits per heavy atom. The average molecular weight is 276 g/mol. The van der Waals surface area contributed by atoms with Crippen LogP contribution in [0.1, 0.15) is 11.1 Å². The van der Waals surface area contributed by atoms with Crippen molar-refractivity contribution < 1.29 is 14.9 Å². The molecule has 1 aromatic carbocycles. The number of aliphatic hydroxyl groups excluding tert-OH is 2. The Hall–Kier alpha value is -0.810. The fraction of sp³-hybridized carbons (Fsp3) is 0.538. The molecule has 0 aliphatic heterocycles. The lowest BCUT2D eigenvalue weighted by molar-refractivity contribution is 0.0534. The summed E-state index contributed by atoms with van der Waals surface area (Å²) in [6, 6.07) is 3.75. The van der Waals surface area contributed by atoms with E-state index in [1.807, 2.05) is 34.0 Å². The van der Waals surface area contributed by atoms with Crippen LogP contribution in [0.2, 0.25) is 5.02 Å². The minimum atomic E-state index is -0.873. The monoisotopic (exact) mass is 275 g/mol. The van der Waals surface area contributed by atoms with Crippen molar-refractivity contribution in [1.82, 2.24) is 5.32 Å². The highest BCUT2D eigenvalue weighted by Gasteiger charge is 2.09. The number of hydrogen-bond donors (Lipinski definition) is 3. The summed E-state index contributed by atoms with van der Waals surface area (Å²) in [6.07, 6.45) is -0.873. The normalized spacial score (nSPS) is 11.5. The maximum atomic E-state index is 9.14. The van der Waals surface area contributed by atoms with Crippen LogP contribution in [-0.2, 0) is 0 Å². The largest absolute Gasteiger partial charge is 0.489 e. The van der Waals surface area contributed by atoms with E-state index in [2.05, 4.69) is 5.32 Å². The van der Waals surface area contributed by atoms with E-state index in [1.165, 1.54) is 0 Å². The summed E-state index contributed by atoms with van der Waals surface area (Å²) >= 11 is 5.99. The molecule has 1 unspecified atom stereocenters. The second kappa shape index (κ2) is 9.16. The summed E-state index contributed by atoms with van der Waals surface area (Å²) in [5.74, 6) is 0.565. The standard InChI is InChI=1S/C11H15ClO3.C2H7N/c1-7-3-8(2)11(10(12)4-7)15-6-9(14)5-13;1-3-2/h3-4,9,13-14H,5-6H2,1-2H3;3H,1-2H3. The van der Waals surface area contributed by atoms with Gasteiger partial charge in [-0.15, -0.1) is 0 Å². The molecule has 1 rings (SSSR count). The third-order valence-electron chi connectivity index (χ3n) is 2.00. The van der Waals surface area contributed by atoms with E-state index in [9.17, 15) is 0 Å². The molecule has 0 radical (unpaired) electrons.